The molecule has 0 aliphatic heterocycles. The van der Waals surface area contributed by atoms with Gasteiger partial charge in [-0.1, -0.05) is 0 Å². The molecule has 0 atom stereocenters. The third-order valence-corrected chi connectivity index (χ3v) is 3.16. The fraction of sp³-hybridized carbons (Fsp3) is 0.429. The van der Waals surface area contributed by atoms with Crippen LogP contribution in [0.1, 0.15) is 17.4 Å². The van der Waals surface area contributed by atoms with E-state index in [2.05, 4.69) is 4.98 Å². The van der Waals surface area contributed by atoms with Crippen LogP contribution in [0.4, 0.5) is 0 Å². The quantitative estimate of drug-likeness (QED) is 0.556. The number of nitrogens with zero attached hydrogens (tertiary/aromatic N) is 1. The molecule has 0 saturated carbocycles. The summed E-state index contributed by atoms with van der Waals surface area (Å²) in [5, 5.41) is 0. The highest BCUT2D eigenvalue weighted by molar-refractivity contribution is 8.00. The van der Waals surface area contributed by atoms with Gasteiger partial charge in [-0.15, -0.1) is 23.1 Å². The average molecular weight is 203 g/mol. The second kappa shape index (κ2) is 4.47. The van der Waals surface area contributed by atoms with Gasteiger partial charge in [0.15, 0.2) is 5.69 Å². The zero-order valence-electron chi connectivity index (χ0n) is 6.86. The van der Waals surface area contributed by atoms with Crippen LogP contribution in [0.3, 0.4) is 0 Å². The number of ether oxygens (including phenoxy) is 1. The highest BCUT2D eigenvalue weighted by Crippen LogP contribution is 2.24. The number of carbonyl (C=O) groups excluding carboxylic acids is 1. The molecule has 3 nitrogen and oxygen atoms in total. The lowest BCUT2D eigenvalue weighted by Gasteiger charge is -1.98. The second-order valence-corrected chi connectivity index (χ2v) is 3.84. The molecule has 66 valence electrons. The number of thiazole rings is 1. The summed E-state index contributed by atoms with van der Waals surface area (Å²) in [6.45, 7) is 2.17. The summed E-state index contributed by atoms with van der Waals surface area (Å²) in [7, 11) is 0. The van der Waals surface area contributed by atoms with Gasteiger partial charge in [-0.3, -0.25) is 0 Å². The third-order valence-electron chi connectivity index (χ3n) is 1.19. The van der Waals surface area contributed by atoms with Gasteiger partial charge in [0.05, 0.1) is 16.3 Å². The molecule has 0 saturated heterocycles. The highest BCUT2D eigenvalue weighted by Gasteiger charge is 2.14. The monoisotopic (exact) mass is 203 g/mol. The van der Waals surface area contributed by atoms with E-state index in [1.54, 1.807) is 12.4 Å². The lowest BCUT2D eigenvalue weighted by Crippen LogP contribution is -2.05. The van der Waals surface area contributed by atoms with Crippen molar-refractivity contribution in [2.75, 3.05) is 12.9 Å². The maximum absolute atomic E-state index is 11.2. The van der Waals surface area contributed by atoms with Crippen LogP contribution in [-0.2, 0) is 4.74 Å². The van der Waals surface area contributed by atoms with Crippen molar-refractivity contribution in [2.45, 2.75) is 11.1 Å². The smallest absolute Gasteiger partial charge is 0.358 e. The first kappa shape index (κ1) is 9.54. The molecule has 0 aromatic carbocycles. The summed E-state index contributed by atoms with van der Waals surface area (Å²) in [5.41, 5.74) is 2.09. The van der Waals surface area contributed by atoms with E-state index in [-0.39, 0.29) is 5.97 Å². The third kappa shape index (κ3) is 1.98. The Kier molecular flexibility index (Phi) is 3.55. The Morgan fingerprint density at radius 2 is 2.58 bits per heavy atom. The van der Waals surface area contributed by atoms with E-state index in [0.717, 1.165) is 4.21 Å². The fourth-order valence-corrected chi connectivity index (χ4v) is 2.06. The fourth-order valence-electron chi connectivity index (χ4n) is 0.716. The zero-order valence-corrected chi connectivity index (χ0v) is 8.50. The molecule has 1 heterocycles. The van der Waals surface area contributed by atoms with E-state index >= 15 is 0 Å². The molecule has 0 radical (unpaired) electrons. The van der Waals surface area contributed by atoms with Gasteiger partial charge >= 0.3 is 5.97 Å². The maximum atomic E-state index is 11.2. The Balaban J connectivity index is 2.79. The van der Waals surface area contributed by atoms with E-state index in [1.807, 2.05) is 6.26 Å². The zero-order chi connectivity index (χ0) is 8.97. The van der Waals surface area contributed by atoms with Gasteiger partial charge in [0, 0.05) is 0 Å². The van der Waals surface area contributed by atoms with Gasteiger partial charge in [0.2, 0.25) is 0 Å². The van der Waals surface area contributed by atoms with Crippen LogP contribution in [-0.4, -0.2) is 23.8 Å². The summed E-state index contributed by atoms with van der Waals surface area (Å²) in [6, 6.07) is 0. The predicted molar refractivity (Wildman–Crippen MR) is 49.9 cm³/mol. The molecule has 1 aromatic heterocycles. The molecule has 0 aliphatic rings. The van der Waals surface area contributed by atoms with Gasteiger partial charge in [0.25, 0.3) is 0 Å². The van der Waals surface area contributed by atoms with E-state index in [0.29, 0.717) is 12.3 Å². The van der Waals surface area contributed by atoms with Crippen molar-refractivity contribution in [1.82, 2.24) is 4.98 Å². The van der Waals surface area contributed by atoms with Crippen molar-refractivity contribution >= 4 is 29.1 Å². The minimum absolute atomic E-state index is 0.330. The molecule has 0 amide bonds. The van der Waals surface area contributed by atoms with Gasteiger partial charge in [0.1, 0.15) is 0 Å². The first-order valence-electron chi connectivity index (χ1n) is 3.44. The van der Waals surface area contributed by atoms with Crippen LogP contribution in [0.5, 0.6) is 0 Å². The Morgan fingerprint density at radius 3 is 3.17 bits per heavy atom. The Bertz CT molecular complexity index is 272. The molecule has 1 aromatic rings. The van der Waals surface area contributed by atoms with Crippen molar-refractivity contribution in [3.63, 3.8) is 0 Å². The maximum Gasteiger partial charge on any atom is 0.358 e. The summed E-state index contributed by atoms with van der Waals surface area (Å²) in [6.07, 6.45) is 1.91. The Morgan fingerprint density at radius 1 is 1.83 bits per heavy atom. The molecule has 0 fully saturated rings. The number of hydrogen-bond acceptors (Lipinski definition) is 5. The number of thioether (sulfide) groups is 1. The molecular formula is C7H9NO2S2. The number of rotatable bonds is 3. The average Bonchev–Trinajstić information content (AvgIpc) is 2.51. The van der Waals surface area contributed by atoms with Crippen LogP contribution in [0.2, 0.25) is 0 Å². The normalized spacial score (nSPS) is 9.83. The van der Waals surface area contributed by atoms with Gasteiger partial charge in [-0.25, -0.2) is 9.78 Å². The largest absolute Gasteiger partial charge is 0.461 e. The topological polar surface area (TPSA) is 39.2 Å². The molecule has 5 heteroatoms. The van der Waals surface area contributed by atoms with Crippen molar-refractivity contribution in [3.8, 4) is 0 Å². The number of aromatic nitrogens is 1. The van der Waals surface area contributed by atoms with Gasteiger partial charge in [-0.2, -0.15) is 0 Å². The summed E-state index contributed by atoms with van der Waals surface area (Å²) < 4.78 is 5.73. The van der Waals surface area contributed by atoms with Crippen LogP contribution in [0, 0.1) is 0 Å². The SMILES string of the molecule is CCOC(=O)c1ncsc1SC. The van der Waals surface area contributed by atoms with E-state index in [9.17, 15) is 4.79 Å². The van der Waals surface area contributed by atoms with Crippen molar-refractivity contribution in [2.24, 2.45) is 0 Å². The minimum Gasteiger partial charge on any atom is -0.461 e. The van der Waals surface area contributed by atoms with Gasteiger partial charge in [-0.05, 0) is 13.2 Å². The number of carbonyl (C=O) groups is 1. The molecule has 0 N–H and O–H groups in total. The Hall–Kier alpha value is -0.550. The summed E-state index contributed by atoms with van der Waals surface area (Å²) in [5.74, 6) is -0.330. The molecule has 12 heavy (non-hydrogen) atoms. The lowest BCUT2D eigenvalue weighted by molar-refractivity contribution is 0.0516. The second-order valence-electron chi connectivity index (χ2n) is 1.91. The van der Waals surface area contributed by atoms with E-state index < -0.39 is 0 Å². The van der Waals surface area contributed by atoms with Crippen LogP contribution < -0.4 is 0 Å². The van der Waals surface area contributed by atoms with Crippen LogP contribution in [0.25, 0.3) is 0 Å². The number of esters is 1. The van der Waals surface area contributed by atoms with Crippen molar-refractivity contribution < 1.29 is 9.53 Å². The molecule has 1 rings (SSSR count). The molecule has 0 aliphatic carbocycles. The molecule has 0 bridgehead atoms. The minimum atomic E-state index is -0.330. The predicted octanol–water partition coefficient (Wildman–Crippen LogP) is 2.04. The lowest BCUT2D eigenvalue weighted by atomic mass is 10.5. The Labute approximate surface area is 79.1 Å². The summed E-state index contributed by atoms with van der Waals surface area (Å²) >= 11 is 2.97. The van der Waals surface area contributed by atoms with E-state index in [1.165, 1.54) is 23.1 Å². The number of hydrogen-bond donors (Lipinski definition) is 0. The molecule has 0 spiro atoms. The summed E-state index contributed by atoms with van der Waals surface area (Å²) in [4.78, 5) is 15.1. The van der Waals surface area contributed by atoms with Crippen molar-refractivity contribution in [1.29, 1.82) is 0 Å². The highest BCUT2D eigenvalue weighted by atomic mass is 32.2. The first-order chi connectivity index (χ1) is 5.79. The standard InChI is InChI=1S/C7H9NO2S2/c1-3-10-6(9)5-7(11-2)12-4-8-5/h4H,3H2,1-2H3. The van der Waals surface area contributed by atoms with Crippen LogP contribution >= 0.6 is 23.1 Å². The van der Waals surface area contributed by atoms with Crippen molar-refractivity contribution in [3.05, 3.63) is 11.2 Å². The van der Waals surface area contributed by atoms with E-state index in [4.69, 9.17) is 4.74 Å². The first-order valence-corrected chi connectivity index (χ1v) is 5.54. The molecule has 0 unspecified atom stereocenters. The van der Waals surface area contributed by atoms with Gasteiger partial charge < -0.3 is 4.74 Å². The van der Waals surface area contributed by atoms with Crippen LogP contribution in [0.15, 0.2) is 9.72 Å². The molecular weight excluding hydrogens is 194 g/mol.